The minimum atomic E-state index is -0.525. The van der Waals surface area contributed by atoms with Crippen molar-refractivity contribution >= 4 is 11.4 Å². The average Bonchev–Trinajstić information content (AvgIpc) is 2.91. The lowest BCUT2D eigenvalue weighted by Crippen LogP contribution is -2.30. The fourth-order valence-electron chi connectivity index (χ4n) is 3.45. The van der Waals surface area contributed by atoms with Gasteiger partial charge in [-0.2, -0.15) is 0 Å². The molecule has 3 atom stereocenters. The molecule has 0 bridgehead atoms. The summed E-state index contributed by atoms with van der Waals surface area (Å²) in [7, 11) is 0. The largest absolute Gasteiger partial charge is 0.363 e. The lowest BCUT2D eigenvalue weighted by atomic mass is 9.98. The number of fused-ring (bicyclic) bond motifs is 1. The molecular weight excluding hydrogens is 249 g/mol. The van der Waals surface area contributed by atoms with Crippen LogP contribution in [0.4, 0.5) is 15.8 Å². The van der Waals surface area contributed by atoms with Crippen LogP contribution < -0.4 is 10.6 Å². The summed E-state index contributed by atoms with van der Waals surface area (Å²) in [5.74, 6) is 0.246. The van der Waals surface area contributed by atoms with E-state index in [0.717, 1.165) is 12.8 Å². The minimum absolute atomic E-state index is 0.120. The molecule has 0 radical (unpaired) electrons. The van der Waals surface area contributed by atoms with Gasteiger partial charge in [0.15, 0.2) is 11.5 Å². The molecule has 0 aromatic heterocycles. The number of nitrogens with two attached hydrogens (primary N) is 1. The molecule has 3 unspecified atom stereocenters. The topological polar surface area (TPSA) is 72.4 Å². The average molecular weight is 265 g/mol. The highest BCUT2D eigenvalue weighted by Crippen LogP contribution is 2.42. The van der Waals surface area contributed by atoms with Crippen molar-refractivity contribution in [2.45, 2.75) is 18.9 Å². The van der Waals surface area contributed by atoms with Gasteiger partial charge in [0.2, 0.25) is 0 Å². The van der Waals surface area contributed by atoms with Gasteiger partial charge in [0.05, 0.1) is 4.92 Å². The lowest BCUT2D eigenvalue weighted by molar-refractivity contribution is -0.384. The molecular formula is C13H16FN3O2. The van der Waals surface area contributed by atoms with Gasteiger partial charge in [0.1, 0.15) is 0 Å². The van der Waals surface area contributed by atoms with Crippen LogP contribution >= 0.6 is 0 Å². The highest BCUT2D eigenvalue weighted by Gasteiger charge is 2.43. The molecule has 2 N–H and O–H groups in total. The number of nitro benzene ring substituents is 1. The maximum absolute atomic E-state index is 14.0. The van der Waals surface area contributed by atoms with Gasteiger partial charge in [-0.05, 0) is 30.7 Å². The molecule has 3 rings (SSSR count). The molecule has 0 spiro atoms. The third kappa shape index (κ3) is 1.96. The molecule has 2 fully saturated rings. The first-order valence-corrected chi connectivity index (χ1v) is 6.51. The molecule has 102 valence electrons. The fraction of sp³-hybridized carbons (Fsp3) is 0.538. The van der Waals surface area contributed by atoms with Crippen molar-refractivity contribution < 1.29 is 9.31 Å². The van der Waals surface area contributed by atoms with E-state index in [-0.39, 0.29) is 17.4 Å². The fourth-order valence-corrected chi connectivity index (χ4v) is 3.45. The second-order valence-corrected chi connectivity index (χ2v) is 5.43. The molecule has 1 saturated carbocycles. The van der Waals surface area contributed by atoms with Gasteiger partial charge >= 0.3 is 0 Å². The van der Waals surface area contributed by atoms with Crippen LogP contribution in [-0.4, -0.2) is 24.1 Å². The van der Waals surface area contributed by atoms with Crippen LogP contribution in [0.2, 0.25) is 0 Å². The Morgan fingerprint density at radius 1 is 1.37 bits per heavy atom. The Morgan fingerprint density at radius 3 is 2.84 bits per heavy atom. The smallest absolute Gasteiger partial charge is 0.295 e. The third-order valence-electron chi connectivity index (χ3n) is 4.39. The third-order valence-corrected chi connectivity index (χ3v) is 4.39. The second kappa shape index (κ2) is 4.45. The zero-order valence-corrected chi connectivity index (χ0v) is 10.5. The Kier molecular flexibility index (Phi) is 2.89. The lowest BCUT2D eigenvalue weighted by Gasteiger charge is -2.21. The van der Waals surface area contributed by atoms with Gasteiger partial charge in [0.25, 0.3) is 5.69 Å². The number of nitrogens with zero attached hydrogens (tertiary/aromatic N) is 2. The standard InChI is InChI=1S/C13H16FN3O2/c14-10-2-1-3-12(17(18)19)13(10)16-6-8-4-5-11(15)9(8)7-16/h1-3,8-9,11H,4-7,15H2. The summed E-state index contributed by atoms with van der Waals surface area (Å²) >= 11 is 0. The number of nitro groups is 1. The zero-order chi connectivity index (χ0) is 13.6. The highest BCUT2D eigenvalue weighted by atomic mass is 19.1. The Morgan fingerprint density at radius 2 is 2.16 bits per heavy atom. The number of benzene rings is 1. The van der Waals surface area contributed by atoms with Crippen LogP contribution in [0.3, 0.4) is 0 Å². The first kappa shape index (κ1) is 12.3. The van der Waals surface area contributed by atoms with Crippen molar-refractivity contribution in [3.63, 3.8) is 0 Å². The molecule has 1 aliphatic heterocycles. The van der Waals surface area contributed by atoms with Crippen molar-refractivity contribution in [1.29, 1.82) is 0 Å². The Hall–Kier alpha value is -1.69. The van der Waals surface area contributed by atoms with Crippen molar-refractivity contribution in [2.24, 2.45) is 17.6 Å². The molecule has 1 aliphatic carbocycles. The van der Waals surface area contributed by atoms with Gasteiger partial charge in [-0.1, -0.05) is 6.07 Å². The molecule has 5 nitrogen and oxygen atoms in total. The van der Waals surface area contributed by atoms with Gasteiger partial charge in [-0.3, -0.25) is 10.1 Å². The molecule has 1 heterocycles. The molecule has 1 saturated heterocycles. The first-order chi connectivity index (χ1) is 9.08. The van der Waals surface area contributed by atoms with Crippen molar-refractivity contribution in [2.75, 3.05) is 18.0 Å². The number of halogens is 1. The summed E-state index contributed by atoms with van der Waals surface area (Å²) in [6.45, 7) is 1.29. The molecule has 1 aromatic carbocycles. The highest BCUT2D eigenvalue weighted by molar-refractivity contribution is 5.64. The van der Waals surface area contributed by atoms with Crippen LogP contribution in [0.15, 0.2) is 18.2 Å². The zero-order valence-electron chi connectivity index (χ0n) is 10.5. The quantitative estimate of drug-likeness (QED) is 0.655. The maximum atomic E-state index is 14.0. The summed E-state index contributed by atoms with van der Waals surface area (Å²) in [5, 5.41) is 11.0. The summed E-state index contributed by atoms with van der Waals surface area (Å²) in [4.78, 5) is 12.3. The minimum Gasteiger partial charge on any atom is -0.363 e. The number of para-hydroxylation sites is 1. The van der Waals surface area contributed by atoms with Crippen LogP contribution in [-0.2, 0) is 0 Å². The van der Waals surface area contributed by atoms with E-state index < -0.39 is 10.7 Å². The Bertz CT molecular complexity index is 523. The van der Waals surface area contributed by atoms with Crippen LogP contribution in [0.1, 0.15) is 12.8 Å². The SMILES string of the molecule is NC1CCC2CN(c3c(F)cccc3[N+](=O)[O-])CC12. The van der Waals surface area contributed by atoms with Gasteiger partial charge < -0.3 is 10.6 Å². The van der Waals surface area contributed by atoms with E-state index in [0.29, 0.717) is 24.9 Å². The number of hydrogen-bond acceptors (Lipinski definition) is 4. The van der Waals surface area contributed by atoms with Gasteiger partial charge in [-0.25, -0.2) is 4.39 Å². The van der Waals surface area contributed by atoms with Crippen molar-refractivity contribution in [1.82, 2.24) is 0 Å². The summed E-state index contributed by atoms with van der Waals surface area (Å²) in [6.07, 6.45) is 2.03. The Labute approximate surface area is 110 Å². The second-order valence-electron chi connectivity index (χ2n) is 5.43. The van der Waals surface area contributed by atoms with E-state index in [1.807, 2.05) is 0 Å². The maximum Gasteiger partial charge on any atom is 0.295 e. The molecule has 0 amide bonds. The predicted octanol–water partition coefficient (Wildman–Crippen LogP) is 1.91. The van der Waals surface area contributed by atoms with E-state index in [1.54, 1.807) is 4.90 Å². The summed E-state index contributed by atoms with van der Waals surface area (Å²) < 4.78 is 14.0. The van der Waals surface area contributed by atoms with E-state index in [4.69, 9.17) is 5.73 Å². The number of anilines is 1. The van der Waals surface area contributed by atoms with Gasteiger partial charge in [-0.15, -0.1) is 0 Å². The van der Waals surface area contributed by atoms with Crippen LogP contribution in [0.5, 0.6) is 0 Å². The molecule has 19 heavy (non-hydrogen) atoms. The summed E-state index contributed by atoms with van der Waals surface area (Å²) in [5.41, 5.74) is 6.00. The molecule has 2 aliphatic rings. The van der Waals surface area contributed by atoms with E-state index >= 15 is 0 Å². The number of rotatable bonds is 2. The van der Waals surface area contributed by atoms with E-state index in [2.05, 4.69) is 0 Å². The first-order valence-electron chi connectivity index (χ1n) is 6.51. The predicted molar refractivity (Wildman–Crippen MR) is 69.5 cm³/mol. The number of hydrogen-bond donors (Lipinski definition) is 1. The normalized spacial score (nSPS) is 29.6. The monoisotopic (exact) mass is 265 g/mol. The van der Waals surface area contributed by atoms with Gasteiger partial charge in [0, 0.05) is 25.2 Å². The van der Waals surface area contributed by atoms with Crippen LogP contribution in [0, 0.1) is 27.8 Å². The molecule has 6 heteroatoms. The Balaban J connectivity index is 1.94. The molecule has 1 aromatic rings. The van der Waals surface area contributed by atoms with E-state index in [1.165, 1.54) is 18.2 Å². The van der Waals surface area contributed by atoms with Crippen molar-refractivity contribution in [3.8, 4) is 0 Å². The van der Waals surface area contributed by atoms with E-state index in [9.17, 15) is 14.5 Å². The van der Waals surface area contributed by atoms with Crippen LogP contribution in [0.25, 0.3) is 0 Å². The van der Waals surface area contributed by atoms with Crippen molar-refractivity contribution in [3.05, 3.63) is 34.1 Å². The summed E-state index contributed by atoms with van der Waals surface area (Å²) in [6, 6.07) is 4.14.